The van der Waals surface area contributed by atoms with E-state index in [9.17, 15) is 0 Å². The van der Waals surface area contributed by atoms with Crippen molar-refractivity contribution in [2.24, 2.45) is 0 Å². The summed E-state index contributed by atoms with van der Waals surface area (Å²) in [6.07, 6.45) is 0.156. The Balaban J connectivity index is 2.26. The number of aryl methyl sites for hydroxylation is 1. The molecule has 0 aromatic carbocycles. The highest BCUT2D eigenvalue weighted by Gasteiger charge is 2.05. The third-order valence-corrected chi connectivity index (χ3v) is 1.56. The molecule has 0 aliphatic rings. The number of nitrogens with one attached hydrogen (secondary N) is 1. The van der Waals surface area contributed by atoms with E-state index < -0.39 is 0 Å². The van der Waals surface area contributed by atoms with Gasteiger partial charge in [0.05, 0.1) is 6.10 Å². The molecule has 0 saturated carbocycles. The molecule has 0 radical (unpaired) electrons. The second-order valence-electron chi connectivity index (χ2n) is 2.91. The van der Waals surface area contributed by atoms with Gasteiger partial charge in [-0.1, -0.05) is 5.16 Å². The van der Waals surface area contributed by atoms with Crippen molar-refractivity contribution < 1.29 is 9.26 Å². The van der Waals surface area contributed by atoms with Gasteiger partial charge in [0.1, 0.15) is 6.61 Å². The molecule has 1 rings (SSSR count). The summed E-state index contributed by atoms with van der Waals surface area (Å²) in [4.78, 5) is 4.02. The van der Waals surface area contributed by atoms with Crippen LogP contribution in [0.15, 0.2) is 4.52 Å². The van der Waals surface area contributed by atoms with Crippen LogP contribution in [0.3, 0.4) is 0 Å². The molecule has 1 atom stereocenters. The average molecular weight is 185 g/mol. The van der Waals surface area contributed by atoms with Crippen LogP contribution in [-0.2, 0) is 11.3 Å². The quantitative estimate of drug-likeness (QED) is 0.724. The Morgan fingerprint density at radius 1 is 1.62 bits per heavy atom. The largest absolute Gasteiger partial charge is 0.369 e. The first-order chi connectivity index (χ1) is 6.22. The highest BCUT2D eigenvalue weighted by molar-refractivity contribution is 4.80. The number of rotatable bonds is 5. The predicted molar refractivity (Wildman–Crippen MR) is 47.2 cm³/mol. The van der Waals surface area contributed by atoms with E-state index in [1.165, 1.54) is 0 Å². The van der Waals surface area contributed by atoms with Crippen LogP contribution in [0.25, 0.3) is 0 Å². The first-order valence-corrected chi connectivity index (χ1v) is 4.27. The predicted octanol–water partition coefficient (Wildman–Crippen LogP) is 0.503. The molecule has 1 aromatic heterocycles. The maximum atomic E-state index is 5.43. The molecule has 5 nitrogen and oxygen atoms in total. The smallest absolute Gasteiger partial charge is 0.223 e. The molecule has 0 aliphatic carbocycles. The minimum atomic E-state index is 0.156. The van der Waals surface area contributed by atoms with E-state index in [0.717, 1.165) is 6.54 Å². The molecule has 0 saturated heterocycles. The number of likely N-dealkylation sites (N-methyl/N-ethyl adjacent to an activating group) is 1. The van der Waals surface area contributed by atoms with Crippen LogP contribution in [0, 0.1) is 6.92 Å². The summed E-state index contributed by atoms with van der Waals surface area (Å²) in [7, 11) is 1.89. The zero-order valence-corrected chi connectivity index (χ0v) is 8.20. The van der Waals surface area contributed by atoms with E-state index in [4.69, 9.17) is 9.26 Å². The molecular formula is C8H15N3O2. The van der Waals surface area contributed by atoms with Gasteiger partial charge in [-0.2, -0.15) is 4.98 Å². The SMILES string of the molecule is CNCC(C)OCc1noc(C)n1. The molecule has 13 heavy (non-hydrogen) atoms. The Morgan fingerprint density at radius 2 is 2.38 bits per heavy atom. The van der Waals surface area contributed by atoms with Gasteiger partial charge < -0.3 is 14.6 Å². The van der Waals surface area contributed by atoms with Gasteiger partial charge in [0, 0.05) is 13.5 Å². The lowest BCUT2D eigenvalue weighted by Crippen LogP contribution is -2.23. The fourth-order valence-corrected chi connectivity index (χ4v) is 0.963. The fourth-order valence-electron chi connectivity index (χ4n) is 0.963. The third kappa shape index (κ3) is 3.52. The van der Waals surface area contributed by atoms with Crippen LogP contribution in [0.2, 0.25) is 0 Å². The maximum absolute atomic E-state index is 5.43. The molecule has 0 aliphatic heterocycles. The summed E-state index contributed by atoms with van der Waals surface area (Å²) >= 11 is 0. The van der Waals surface area contributed by atoms with Crippen molar-refractivity contribution in [1.29, 1.82) is 0 Å². The highest BCUT2D eigenvalue weighted by atomic mass is 16.5. The first-order valence-electron chi connectivity index (χ1n) is 4.27. The van der Waals surface area contributed by atoms with E-state index in [0.29, 0.717) is 18.3 Å². The van der Waals surface area contributed by atoms with Crippen molar-refractivity contribution in [3.05, 3.63) is 11.7 Å². The van der Waals surface area contributed by atoms with E-state index in [1.54, 1.807) is 6.92 Å². The minimum absolute atomic E-state index is 0.156. The van der Waals surface area contributed by atoms with E-state index in [2.05, 4.69) is 15.5 Å². The Bertz CT molecular complexity index is 249. The van der Waals surface area contributed by atoms with Gasteiger partial charge in [-0.3, -0.25) is 0 Å². The van der Waals surface area contributed by atoms with Gasteiger partial charge >= 0.3 is 0 Å². The van der Waals surface area contributed by atoms with Gasteiger partial charge in [-0.15, -0.1) is 0 Å². The van der Waals surface area contributed by atoms with Crippen LogP contribution >= 0.6 is 0 Å². The minimum Gasteiger partial charge on any atom is -0.369 e. The molecule has 74 valence electrons. The van der Waals surface area contributed by atoms with Crippen molar-refractivity contribution in [1.82, 2.24) is 15.5 Å². The van der Waals surface area contributed by atoms with Crippen LogP contribution in [-0.4, -0.2) is 29.8 Å². The van der Waals surface area contributed by atoms with E-state index in [1.807, 2.05) is 14.0 Å². The van der Waals surface area contributed by atoms with E-state index in [-0.39, 0.29) is 6.10 Å². The van der Waals surface area contributed by atoms with Gasteiger partial charge in [-0.25, -0.2) is 0 Å². The number of nitrogens with zero attached hydrogens (tertiary/aromatic N) is 2. The van der Waals surface area contributed by atoms with Crippen molar-refractivity contribution in [3.63, 3.8) is 0 Å². The first kappa shape index (κ1) is 10.1. The van der Waals surface area contributed by atoms with Crippen molar-refractivity contribution in [3.8, 4) is 0 Å². The Kier molecular flexibility index (Phi) is 3.85. The topological polar surface area (TPSA) is 60.2 Å². The summed E-state index contributed by atoms with van der Waals surface area (Å²) in [5.74, 6) is 1.17. The van der Waals surface area contributed by atoms with Crippen LogP contribution in [0.5, 0.6) is 0 Å². The second-order valence-corrected chi connectivity index (χ2v) is 2.91. The molecule has 5 heteroatoms. The summed E-state index contributed by atoms with van der Waals surface area (Å²) in [5.41, 5.74) is 0. The molecule has 0 amide bonds. The lowest BCUT2D eigenvalue weighted by atomic mass is 10.4. The molecular weight excluding hydrogens is 170 g/mol. The molecule has 1 N–H and O–H groups in total. The fraction of sp³-hybridized carbons (Fsp3) is 0.750. The summed E-state index contributed by atoms with van der Waals surface area (Å²) in [6, 6.07) is 0. The molecule has 0 fully saturated rings. The van der Waals surface area contributed by atoms with E-state index >= 15 is 0 Å². The molecule has 1 unspecified atom stereocenters. The van der Waals surface area contributed by atoms with Crippen LogP contribution in [0.1, 0.15) is 18.6 Å². The standard InChI is InChI=1S/C8H15N3O2/c1-6(4-9-3)12-5-8-10-7(2)13-11-8/h6,9H,4-5H2,1-3H3. The van der Waals surface area contributed by atoms with Gasteiger partial charge in [-0.05, 0) is 14.0 Å². The monoisotopic (exact) mass is 185 g/mol. The molecule has 0 spiro atoms. The number of ether oxygens (including phenoxy) is 1. The van der Waals surface area contributed by atoms with Crippen LogP contribution in [0.4, 0.5) is 0 Å². The number of aromatic nitrogens is 2. The zero-order chi connectivity index (χ0) is 9.68. The van der Waals surface area contributed by atoms with Crippen molar-refractivity contribution in [2.75, 3.05) is 13.6 Å². The summed E-state index contributed by atoms with van der Waals surface area (Å²) in [6.45, 7) is 4.97. The zero-order valence-electron chi connectivity index (χ0n) is 8.20. The molecule has 0 bridgehead atoms. The Morgan fingerprint density at radius 3 is 2.92 bits per heavy atom. The van der Waals surface area contributed by atoms with Gasteiger partial charge in [0.25, 0.3) is 0 Å². The molecule has 1 heterocycles. The second kappa shape index (κ2) is 4.94. The summed E-state index contributed by atoms with van der Waals surface area (Å²) < 4.78 is 10.2. The maximum Gasteiger partial charge on any atom is 0.223 e. The Hall–Kier alpha value is -0.940. The summed E-state index contributed by atoms with van der Waals surface area (Å²) in [5, 5.41) is 6.74. The number of hydrogen-bond donors (Lipinski definition) is 1. The molecule has 1 aromatic rings. The Labute approximate surface area is 77.5 Å². The van der Waals surface area contributed by atoms with Crippen molar-refractivity contribution in [2.45, 2.75) is 26.6 Å². The normalized spacial score (nSPS) is 13.2. The van der Waals surface area contributed by atoms with Crippen molar-refractivity contribution >= 4 is 0 Å². The lowest BCUT2D eigenvalue weighted by Gasteiger charge is -2.09. The number of hydrogen-bond acceptors (Lipinski definition) is 5. The third-order valence-electron chi connectivity index (χ3n) is 1.56. The lowest BCUT2D eigenvalue weighted by molar-refractivity contribution is 0.0493. The average Bonchev–Trinajstić information content (AvgIpc) is 2.49. The van der Waals surface area contributed by atoms with Gasteiger partial charge in [0.2, 0.25) is 5.89 Å². The highest BCUT2D eigenvalue weighted by Crippen LogP contribution is 1.99. The van der Waals surface area contributed by atoms with Gasteiger partial charge in [0.15, 0.2) is 5.82 Å². The van der Waals surface area contributed by atoms with Crippen LogP contribution < -0.4 is 5.32 Å².